The summed E-state index contributed by atoms with van der Waals surface area (Å²) in [5.74, 6) is 0.721. The third-order valence-electron chi connectivity index (χ3n) is 1.55. The number of hydrogen-bond acceptors (Lipinski definition) is 1. The SMILES string of the molecule is C=C(C)[C@H]1CC=INC1. The van der Waals surface area contributed by atoms with Crippen molar-refractivity contribution < 1.29 is 0 Å². The minimum Gasteiger partial charge on any atom is -0.266 e. The summed E-state index contributed by atoms with van der Waals surface area (Å²) in [6, 6.07) is 0. The fourth-order valence-corrected chi connectivity index (χ4v) is 2.77. The minimum absolute atomic E-state index is 0.246. The summed E-state index contributed by atoms with van der Waals surface area (Å²) in [6.07, 6.45) is 1.26. The Labute approximate surface area is 66.6 Å². The summed E-state index contributed by atoms with van der Waals surface area (Å²) >= 11 is 0.246. The quantitative estimate of drug-likeness (QED) is 0.417. The first kappa shape index (κ1) is 7.41. The molecule has 0 radical (unpaired) electrons. The van der Waals surface area contributed by atoms with E-state index in [-0.39, 0.29) is 21.0 Å². The molecule has 2 heteroatoms. The molecule has 0 aromatic heterocycles. The van der Waals surface area contributed by atoms with Crippen LogP contribution in [0.4, 0.5) is 0 Å². The van der Waals surface area contributed by atoms with E-state index in [1.807, 2.05) is 0 Å². The predicted octanol–water partition coefficient (Wildman–Crippen LogP) is 1.86. The standard InChI is InChI=1S/C7H12IN/c1-6(2)7-3-4-8-9-5-7/h4,7,9H,1,3,5H2,2H3/t7-/m0/s1. The summed E-state index contributed by atoms with van der Waals surface area (Å²) in [4.78, 5) is 0. The van der Waals surface area contributed by atoms with Gasteiger partial charge in [-0.05, 0) is 44.3 Å². The molecule has 1 heterocycles. The van der Waals surface area contributed by atoms with Gasteiger partial charge in [-0.15, -0.1) is 0 Å². The van der Waals surface area contributed by atoms with E-state index >= 15 is 0 Å². The largest absolute Gasteiger partial charge is 0.266 e. The maximum absolute atomic E-state index is 3.93. The molecule has 1 atom stereocenters. The van der Waals surface area contributed by atoms with Gasteiger partial charge >= 0.3 is 0 Å². The number of rotatable bonds is 1. The van der Waals surface area contributed by atoms with Gasteiger partial charge in [0.1, 0.15) is 0 Å². The molecule has 0 spiro atoms. The molecule has 52 valence electrons. The zero-order valence-corrected chi connectivity index (χ0v) is 7.81. The van der Waals surface area contributed by atoms with Gasteiger partial charge in [0.25, 0.3) is 0 Å². The van der Waals surface area contributed by atoms with E-state index in [0.717, 1.165) is 5.92 Å². The van der Waals surface area contributed by atoms with Gasteiger partial charge in [-0.25, -0.2) is 0 Å². The normalized spacial score (nSPS) is 27.0. The van der Waals surface area contributed by atoms with Crippen molar-refractivity contribution in [3.8, 4) is 0 Å². The van der Waals surface area contributed by atoms with Crippen molar-refractivity contribution in [3.63, 3.8) is 0 Å². The Kier molecular flexibility index (Phi) is 2.85. The molecule has 0 aliphatic carbocycles. The fraction of sp³-hybridized carbons (Fsp3) is 0.571. The average Bonchev–Trinajstić information content (AvgIpc) is 1.90. The second kappa shape index (κ2) is 3.46. The monoisotopic (exact) mass is 237 g/mol. The van der Waals surface area contributed by atoms with Crippen LogP contribution in [0.25, 0.3) is 0 Å². The van der Waals surface area contributed by atoms with E-state index in [1.54, 1.807) is 0 Å². The summed E-state index contributed by atoms with van der Waals surface area (Å²) in [5.41, 5.74) is 1.32. The highest BCUT2D eigenvalue weighted by atomic mass is 127. The molecular formula is C7H12IN. The molecular weight excluding hydrogens is 225 g/mol. The maximum atomic E-state index is 3.93. The zero-order chi connectivity index (χ0) is 6.69. The molecule has 0 unspecified atom stereocenters. The second-order valence-electron chi connectivity index (χ2n) is 2.38. The summed E-state index contributed by atoms with van der Waals surface area (Å²) in [7, 11) is 0. The first-order valence-corrected chi connectivity index (χ1v) is 5.45. The predicted molar refractivity (Wildman–Crippen MR) is 51.0 cm³/mol. The number of hydrogen-bond donors (Lipinski definition) is 1. The highest BCUT2D eigenvalue weighted by Crippen LogP contribution is 2.15. The Hall–Kier alpha value is 0.300. The summed E-state index contributed by atoms with van der Waals surface area (Å²) < 4.78 is 5.80. The van der Waals surface area contributed by atoms with Gasteiger partial charge in [0, 0.05) is 6.54 Å². The van der Waals surface area contributed by atoms with Crippen LogP contribution >= 0.6 is 21.0 Å². The molecule has 1 aliphatic heterocycles. The molecule has 0 saturated carbocycles. The lowest BCUT2D eigenvalue weighted by molar-refractivity contribution is 0.645. The molecule has 1 N–H and O–H groups in total. The topological polar surface area (TPSA) is 12.0 Å². The number of halogens is 1. The highest BCUT2D eigenvalue weighted by Gasteiger charge is 2.08. The molecule has 1 aliphatic rings. The van der Waals surface area contributed by atoms with E-state index in [0.29, 0.717) is 0 Å². The average molecular weight is 237 g/mol. The van der Waals surface area contributed by atoms with Crippen molar-refractivity contribution >= 4 is 25.0 Å². The molecule has 0 amide bonds. The summed E-state index contributed by atoms with van der Waals surface area (Å²) in [5, 5.41) is 0. The van der Waals surface area contributed by atoms with Gasteiger partial charge in [-0.3, -0.25) is 3.53 Å². The molecule has 0 fully saturated rings. The third kappa shape index (κ3) is 2.18. The lowest BCUT2D eigenvalue weighted by atomic mass is 10.00. The van der Waals surface area contributed by atoms with Gasteiger partial charge in [0.2, 0.25) is 0 Å². The summed E-state index contributed by atoms with van der Waals surface area (Å²) in [6.45, 7) is 7.21. The van der Waals surface area contributed by atoms with Crippen LogP contribution in [-0.4, -0.2) is 10.6 Å². The second-order valence-corrected chi connectivity index (χ2v) is 4.65. The lowest BCUT2D eigenvalue weighted by Crippen LogP contribution is -2.19. The molecule has 1 rings (SSSR count). The van der Waals surface area contributed by atoms with Crippen LogP contribution < -0.4 is 3.53 Å². The van der Waals surface area contributed by atoms with Crippen LogP contribution in [0.15, 0.2) is 12.2 Å². The Morgan fingerprint density at radius 2 is 2.67 bits per heavy atom. The van der Waals surface area contributed by atoms with Crippen LogP contribution in [-0.2, 0) is 0 Å². The first-order chi connectivity index (χ1) is 4.30. The molecule has 0 saturated heterocycles. The van der Waals surface area contributed by atoms with Crippen molar-refractivity contribution in [3.05, 3.63) is 12.2 Å². The van der Waals surface area contributed by atoms with Crippen LogP contribution in [0.2, 0.25) is 0 Å². The molecule has 0 bridgehead atoms. The van der Waals surface area contributed by atoms with Crippen molar-refractivity contribution in [2.24, 2.45) is 5.92 Å². The lowest BCUT2D eigenvalue weighted by Gasteiger charge is -2.17. The van der Waals surface area contributed by atoms with Gasteiger partial charge in [0.15, 0.2) is 0 Å². The van der Waals surface area contributed by atoms with Crippen molar-refractivity contribution in [1.82, 2.24) is 3.53 Å². The van der Waals surface area contributed by atoms with Gasteiger partial charge in [-0.1, -0.05) is 12.2 Å². The molecule has 0 aromatic rings. The van der Waals surface area contributed by atoms with E-state index in [2.05, 4.69) is 21.0 Å². The van der Waals surface area contributed by atoms with Crippen molar-refractivity contribution in [1.29, 1.82) is 0 Å². The maximum Gasteiger partial charge on any atom is 0.0115 e. The van der Waals surface area contributed by atoms with Gasteiger partial charge in [0.05, 0.1) is 0 Å². The first-order valence-electron chi connectivity index (χ1n) is 3.13. The van der Waals surface area contributed by atoms with Gasteiger partial charge < -0.3 is 0 Å². The van der Waals surface area contributed by atoms with Crippen molar-refractivity contribution in [2.45, 2.75) is 13.3 Å². The Balaban J connectivity index is 2.44. The Bertz CT molecular complexity index is 140. The molecule has 1 nitrogen and oxygen atoms in total. The van der Waals surface area contributed by atoms with E-state index < -0.39 is 0 Å². The number of nitrogens with one attached hydrogen (secondary N) is 1. The third-order valence-corrected chi connectivity index (χ3v) is 3.38. The minimum atomic E-state index is 0.246. The van der Waals surface area contributed by atoms with Crippen LogP contribution in [0.5, 0.6) is 0 Å². The van der Waals surface area contributed by atoms with E-state index in [1.165, 1.54) is 18.5 Å². The van der Waals surface area contributed by atoms with Crippen LogP contribution in [0, 0.1) is 5.92 Å². The Morgan fingerprint density at radius 1 is 1.89 bits per heavy atom. The van der Waals surface area contributed by atoms with E-state index in [4.69, 9.17) is 0 Å². The fourth-order valence-electron chi connectivity index (χ4n) is 0.803. The van der Waals surface area contributed by atoms with Crippen LogP contribution in [0.1, 0.15) is 13.3 Å². The van der Waals surface area contributed by atoms with E-state index in [9.17, 15) is 0 Å². The van der Waals surface area contributed by atoms with Gasteiger partial charge in [-0.2, -0.15) is 0 Å². The Morgan fingerprint density at radius 3 is 3.00 bits per heavy atom. The zero-order valence-electron chi connectivity index (χ0n) is 5.65. The molecule has 9 heavy (non-hydrogen) atoms. The van der Waals surface area contributed by atoms with Crippen LogP contribution in [0.3, 0.4) is 0 Å². The van der Waals surface area contributed by atoms with Crippen molar-refractivity contribution in [2.75, 3.05) is 6.54 Å². The smallest absolute Gasteiger partial charge is 0.0115 e. The molecule has 0 aromatic carbocycles. The highest BCUT2D eigenvalue weighted by molar-refractivity contribution is 14.2.